The maximum Gasteiger partial charge on any atom is 0.234 e. The molecule has 1 aliphatic heterocycles. The number of benzene rings is 2. The summed E-state index contributed by atoms with van der Waals surface area (Å²) in [6.07, 6.45) is 0. The molecule has 1 aliphatic rings. The van der Waals surface area contributed by atoms with Gasteiger partial charge in [0.1, 0.15) is 13.2 Å². The lowest BCUT2D eigenvalue weighted by Gasteiger charge is -2.19. The van der Waals surface area contributed by atoms with Gasteiger partial charge in [0.25, 0.3) is 0 Å². The fourth-order valence-electron chi connectivity index (χ4n) is 2.26. The number of thioether (sulfide) groups is 1. The first kappa shape index (κ1) is 16.2. The van der Waals surface area contributed by atoms with Crippen molar-refractivity contribution in [1.29, 1.82) is 5.26 Å². The molecule has 0 aromatic heterocycles. The molecule has 3 rings (SSSR count). The molecule has 0 bridgehead atoms. The molecule has 1 heterocycles. The number of rotatable bonds is 5. The Bertz CT molecular complexity index is 769. The van der Waals surface area contributed by atoms with E-state index in [1.165, 1.54) is 11.8 Å². The summed E-state index contributed by atoms with van der Waals surface area (Å²) in [6.45, 7) is 1.07. The molecule has 6 heteroatoms. The molecular weight excluding hydrogens is 324 g/mol. The largest absolute Gasteiger partial charge is 0.486 e. The van der Waals surface area contributed by atoms with Gasteiger partial charge in [-0.3, -0.25) is 4.79 Å². The summed E-state index contributed by atoms with van der Waals surface area (Å²) < 4.78 is 11.0. The molecule has 2 aromatic carbocycles. The van der Waals surface area contributed by atoms with Crippen LogP contribution in [-0.4, -0.2) is 24.9 Å². The number of fused-ring (bicyclic) bond motifs is 1. The molecule has 1 amide bonds. The van der Waals surface area contributed by atoms with E-state index >= 15 is 0 Å². The van der Waals surface area contributed by atoms with E-state index in [1.54, 1.807) is 30.3 Å². The van der Waals surface area contributed by atoms with Crippen molar-refractivity contribution < 1.29 is 14.3 Å². The van der Waals surface area contributed by atoms with Crippen LogP contribution in [0.3, 0.4) is 0 Å². The van der Waals surface area contributed by atoms with Gasteiger partial charge in [-0.1, -0.05) is 12.1 Å². The minimum Gasteiger partial charge on any atom is -0.486 e. The molecule has 5 nitrogen and oxygen atoms in total. The number of nitrogens with zero attached hydrogens (tertiary/aromatic N) is 1. The average Bonchev–Trinajstić information content (AvgIpc) is 2.62. The number of carbonyl (C=O) groups excluding carboxylic acids is 1. The van der Waals surface area contributed by atoms with Gasteiger partial charge in [0.15, 0.2) is 11.5 Å². The first-order valence-corrected chi connectivity index (χ1v) is 8.66. The predicted octanol–water partition coefficient (Wildman–Crippen LogP) is 3.20. The SMILES string of the molecule is N#Cc1ccc(CSCC(=O)Nc2ccc3c(c2)OCCO3)cc1. The smallest absolute Gasteiger partial charge is 0.234 e. The maximum absolute atomic E-state index is 12.0. The van der Waals surface area contributed by atoms with Crippen molar-refractivity contribution in [2.24, 2.45) is 0 Å². The maximum atomic E-state index is 12.0. The van der Waals surface area contributed by atoms with Crippen LogP contribution in [-0.2, 0) is 10.5 Å². The molecule has 0 fully saturated rings. The van der Waals surface area contributed by atoms with E-state index in [-0.39, 0.29) is 5.91 Å². The summed E-state index contributed by atoms with van der Waals surface area (Å²) in [7, 11) is 0. The number of amides is 1. The van der Waals surface area contributed by atoms with Crippen LogP contribution in [0, 0.1) is 11.3 Å². The number of hydrogen-bond acceptors (Lipinski definition) is 5. The number of anilines is 1. The van der Waals surface area contributed by atoms with Gasteiger partial charge in [-0.25, -0.2) is 0 Å². The Labute approximate surface area is 144 Å². The van der Waals surface area contributed by atoms with E-state index in [0.717, 1.165) is 11.3 Å². The molecule has 0 saturated heterocycles. The average molecular weight is 340 g/mol. The molecule has 24 heavy (non-hydrogen) atoms. The Kier molecular flexibility index (Phi) is 5.24. The van der Waals surface area contributed by atoms with Crippen LogP contribution in [0.25, 0.3) is 0 Å². The zero-order valence-corrected chi connectivity index (χ0v) is 13.8. The lowest BCUT2D eigenvalue weighted by atomic mass is 10.2. The van der Waals surface area contributed by atoms with E-state index in [1.807, 2.05) is 12.1 Å². The molecule has 0 spiro atoms. The summed E-state index contributed by atoms with van der Waals surface area (Å²) >= 11 is 1.53. The van der Waals surface area contributed by atoms with Gasteiger partial charge in [0.05, 0.1) is 17.4 Å². The number of ether oxygens (including phenoxy) is 2. The summed E-state index contributed by atoms with van der Waals surface area (Å²) in [6, 6.07) is 14.8. The molecule has 0 atom stereocenters. The highest BCUT2D eigenvalue weighted by atomic mass is 32.2. The highest BCUT2D eigenvalue weighted by Crippen LogP contribution is 2.32. The predicted molar refractivity (Wildman–Crippen MR) is 93.4 cm³/mol. The number of hydrogen-bond donors (Lipinski definition) is 1. The zero-order chi connectivity index (χ0) is 16.8. The van der Waals surface area contributed by atoms with Gasteiger partial charge < -0.3 is 14.8 Å². The summed E-state index contributed by atoms with van der Waals surface area (Å²) in [5, 5.41) is 11.6. The van der Waals surface area contributed by atoms with Crippen molar-refractivity contribution in [3.63, 3.8) is 0 Å². The third kappa shape index (κ3) is 4.21. The number of nitrogens with one attached hydrogen (secondary N) is 1. The Morgan fingerprint density at radius 1 is 1.12 bits per heavy atom. The van der Waals surface area contributed by atoms with Crippen LogP contribution < -0.4 is 14.8 Å². The standard InChI is InChI=1S/C18H16N2O3S/c19-10-13-1-3-14(4-2-13)11-24-12-18(21)20-15-5-6-16-17(9-15)23-8-7-22-16/h1-6,9H,7-8,11-12H2,(H,20,21). The van der Waals surface area contributed by atoms with Crippen molar-refractivity contribution in [1.82, 2.24) is 0 Å². The molecule has 122 valence electrons. The Hall–Kier alpha value is -2.65. The second-order valence-corrected chi connectivity index (χ2v) is 6.19. The van der Waals surface area contributed by atoms with E-state index in [4.69, 9.17) is 14.7 Å². The highest BCUT2D eigenvalue weighted by Gasteiger charge is 2.12. The van der Waals surface area contributed by atoms with Crippen LogP contribution >= 0.6 is 11.8 Å². The van der Waals surface area contributed by atoms with Crippen molar-refractivity contribution in [3.8, 4) is 17.6 Å². The van der Waals surface area contributed by atoms with Gasteiger partial charge in [0.2, 0.25) is 5.91 Å². The van der Waals surface area contributed by atoms with Gasteiger partial charge in [-0.05, 0) is 29.8 Å². The zero-order valence-electron chi connectivity index (χ0n) is 13.0. The second kappa shape index (κ2) is 7.75. The van der Waals surface area contributed by atoms with Crippen molar-refractivity contribution >= 4 is 23.4 Å². The van der Waals surface area contributed by atoms with Gasteiger partial charge in [0, 0.05) is 17.5 Å². The molecule has 1 N–H and O–H groups in total. The van der Waals surface area contributed by atoms with Gasteiger partial charge >= 0.3 is 0 Å². The monoisotopic (exact) mass is 340 g/mol. The number of carbonyl (C=O) groups is 1. The first-order valence-electron chi connectivity index (χ1n) is 7.51. The van der Waals surface area contributed by atoms with Crippen molar-refractivity contribution in [3.05, 3.63) is 53.6 Å². The van der Waals surface area contributed by atoms with Crippen molar-refractivity contribution in [2.75, 3.05) is 24.3 Å². The minimum absolute atomic E-state index is 0.0645. The second-order valence-electron chi connectivity index (χ2n) is 5.21. The topological polar surface area (TPSA) is 71.4 Å². The minimum atomic E-state index is -0.0645. The highest BCUT2D eigenvalue weighted by molar-refractivity contribution is 7.99. The normalized spacial score (nSPS) is 12.3. The molecule has 0 radical (unpaired) electrons. The van der Waals surface area contributed by atoms with Crippen LogP contribution in [0.2, 0.25) is 0 Å². The van der Waals surface area contributed by atoms with E-state index in [2.05, 4.69) is 11.4 Å². The first-order chi connectivity index (χ1) is 11.7. The van der Waals surface area contributed by atoms with Crippen molar-refractivity contribution in [2.45, 2.75) is 5.75 Å². The van der Waals surface area contributed by atoms with Crippen LogP contribution in [0.5, 0.6) is 11.5 Å². The number of nitriles is 1. The third-order valence-electron chi connectivity index (χ3n) is 3.41. The Morgan fingerprint density at radius 2 is 1.88 bits per heavy atom. The lowest BCUT2D eigenvalue weighted by Crippen LogP contribution is -2.17. The fraction of sp³-hybridized carbons (Fsp3) is 0.222. The van der Waals surface area contributed by atoms with Gasteiger partial charge in [-0.2, -0.15) is 5.26 Å². The Balaban J connectivity index is 1.48. The molecule has 0 aliphatic carbocycles. The van der Waals surface area contributed by atoms with E-state index in [9.17, 15) is 4.79 Å². The molecule has 0 unspecified atom stereocenters. The quantitative estimate of drug-likeness (QED) is 0.905. The van der Waals surface area contributed by atoms with E-state index < -0.39 is 0 Å². The van der Waals surface area contributed by atoms with Crippen LogP contribution in [0.1, 0.15) is 11.1 Å². The molecule has 0 saturated carbocycles. The van der Waals surface area contributed by atoms with Gasteiger partial charge in [-0.15, -0.1) is 11.8 Å². The summed E-state index contributed by atoms with van der Waals surface area (Å²) in [5.41, 5.74) is 2.43. The Morgan fingerprint density at radius 3 is 2.62 bits per heavy atom. The van der Waals surface area contributed by atoms with Crippen LogP contribution in [0.4, 0.5) is 5.69 Å². The summed E-state index contributed by atoms with van der Waals surface area (Å²) in [5.74, 6) is 2.37. The molecule has 2 aromatic rings. The third-order valence-corrected chi connectivity index (χ3v) is 4.41. The lowest BCUT2D eigenvalue weighted by molar-refractivity contribution is -0.113. The van der Waals surface area contributed by atoms with E-state index in [0.29, 0.717) is 41.7 Å². The summed E-state index contributed by atoms with van der Waals surface area (Å²) in [4.78, 5) is 12.0. The molecular formula is C18H16N2O3S. The fourth-order valence-corrected chi connectivity index (χ4v) is 3.04. The van der Waals surface area contributed by atoms with Crippen LogP contribution in [0.15, 0.2) is 42.5 Å².